The average Bonchev–Trinajstić information content (AvgIpc) is 2.87. The summed E-state index contributed by atoms with van der Waals surface area (Å²) < 4.78 is 0. The van der Waals surface area contributed by atoms with Crippen LogP contribution in [0.2, 0.25) is 0 Å². The highest BCUT2D eigenvalue weighted by atomic mass is 16.4. The van der Waals surface area contributed by atoms with Gasteiger partial charge in [0.2, 0.25) is 0 Å². The predicted molar refractivity (Wildman–Crippen MR) is 149 cm³/mol. The minimum atomic E-state index is -0.796. The Balaban J connectivity index is 0.000000168. The molecule has 0 saturated heterocycles. The second-order valence-electron chi connectivity index (χ2n) is 8.82. The van der Waals surface area contributed by atoms with E-state index in [1.165, 1.54) is 10.8 Å². The van der Waals surface area contributed by atoms with Crippen LogP contribution in [0.4, 0.5) is 0 Å². The van der Waals surface area contributed by atoms with Crippen molar-refractivity contribution in [2.24, 2.45) is 0 Å². The van der Waals surface area contributed by atoms with E-state index in [0.717, 1.165) is 43.4 Å². The molecule has 0 bridgehead atoms. The van der Waals surface area contributed by atoms with Crippen molar-refractivity contribution >= 4 is 55.0 Å². The normalized spacial score (nSPS) is 10.6. The summed E-state index contributed by atoms with van der Waals surface area (Å²) in [6, 6.07) is 36.2. The molecule has 5 nitrogen and oxygen atoms in total. The maximum Gasteiger partial charge on any atom is 0.307 e. The van der Waals surface area contributed by atoms with E-state index in [1.807, 2.05) is 72.8 Å². The number of rotatable bonds is 4. The maximum absolute atomic E-state index is 10.9. The van der Waals surface area contributed by atoms with E-state index >= 15 is 0 Å². The quantitative estimate of drug-likeness (QED) is 0.278. The third-order valence-corrected chi connectivity index (χ3v) is 6.36. The van der Waals surface area contributed by atoms with Gasteiger partial charge in [-0.25, -0.2) is 0 Å². The molecule has 0 radical (unpaired) electrons. The van der Waals surface area contributed by atoms with Gasteiger partial charge in [-0.2, -0.15) is 0 Å². The largest absolute Gasteiger partial charge is 0.481 e. The van der Waals surface area contributed by atoms with Gasteiger partial charge in [-0.1, -0.05) is 84.9 Å². The number of carbonyl (C=O) groups is 2. The molecular formula is C32H26O5. The Morgan fingerprint density at radius 3 is 1.14 bits per heavy atom. The Labute approximate surface area is 213 Å². The molecule has 0 saturated carbocycles. The molecule has 0 aliphatic carbocycles. The first-order valence-corrected chi connectivity index (χ1v) is 11.7. The van der Waals surface area contributed by atoms with Gasteiger partial charge >= 0.3 is 11.9 Å². The van der Waals surface area contributed by atoms with Crippen molar-refractivity contribution < 1.29 is 25.3 Å². The van der Waals surface area contributed by atoms with Crippen LogP contribution in [0.3, 0.4) is 0 Å². The van der Waals surface area contributed by atoms with Crippen molar-refractivity contribution in [3.63, 3.8) is 0 Å². The van der Waals surface area contributed by atoms with Crippen LogP contribution >= 0.6 is 0 Å². The molecule has 0 atom stereocenters. The number of fused-ring (bicyclic) bond motifs is 4. The standard InChI is InChI=1S/2C16H12O2.H2O/c2*17-16(18)10-14-7-3-6-13-8-11-4-1-2-5-12(11)9-15(13)14;/h2*1-9H,10H2,(H,17,18);1H2. The fourth-order valence-electron chi connectivity index (χ4n) is 4.70. The van der Waals surface area contributed by atoms with Gasteiger partial charge in [0.05, 0.1) is 12.8 Å². The summed E-state index contributed by atoms with van der Waals surface area (Å²) in [6.45, 7) is 0. The predicted octanol–water partition coefficient (Wildman–Crippen LogP) is 6.42. The summed E-state index contributed by atoms with van der Waals surface area (Å²) in [5.41, 5.74) is 1.73. The summed E-state index contributed by atoms with van der Waals surface area (Å²) in [5, 5.41) is 26.8. The van der Waals surface area contributed by atoms with Gasteiger partial charge in [-0.15, -0.1) is 0 Å². The van der Waals surface area contributed by atoms with Crippen LogP contribution in [0.5, 0.6) is 0 Å². The molecule has 6 aromatic carbocycles. The first-order valence-electron chi connectivity index (χ1n) is 11.7. The zero-order valence-corrected chi connectivity index (χ0v) is 20.0. The molecule has 5 heteroatoms. The Morgan fingerprint density at radius 2 is 0.784 bits per heavy atom. The summed E-state index contributed by atoms with van der Waals surface area (Å²) in [4.78, 5) is 21.8. The SMILES string of the molecule is O.O=C(O)Cc1cccc2cc3ccccc3cc12.O=C(O)Cc1cccc2cc3ccccc3cc12. The molecule has 0 unspecified atom stereocenters. The van der Waals surface area contributed by atoms with Crippen LogP contribution in [0.15, 0.2) is 109 Å². The van der Waals surface area contributed by atoms with Gasteiger partial charge in [0.25, 0.3) is 0 Å². The highest BCUT2D eigenvalue weighted by Gasteiger charge is 2.07. The lowest BCUT2D eigenvalue weighted by molar-refractivity contribution is -0.137. The van der Waals surface area contributed by atoms with Gasteiger partial charge in [0, 0.05) is 0 Å². The summed E-state index contributed by atoms with van der Waals surface area (Å²) >= 11 is 0. The summed E-state index contributed by atoms with van der Waals surface area (Å²) in [6.07, 6.45) is 0.130. The lowest BCUT2D eigenvalue weighted by Crippen LogP contribution is -2.00. The second kappa shape index (κ2) is 10.9. The Bertz CT molecular complexity index is 1620. The van der Waals surface area contributed by atoms with Crippen molar-refractivity contribution in [2.75, 3.05) is 0 Å². The zero-order valence-electron chi connectivity index (χ0n) is 20.0. The van der Waals surface area contributed by atoms with E-state index < -0.39 is 11.9 Å². The minimum Gasteiger partial charge on any atom is -0.481 e. The van der Waals surface area contributed by atoms with E-state index in [-0.39, 0.29) is 18.3 Å². The number of benzene rings is 6. The Hall–Kier alpha value is -4.74. The van der Waals surface area contributed by atoms with Crippen molar-refractivity contribution in [3.05, 3.63) is 120 Å². The fourth-order valence-corrected chi connectivity index (χ4v) is 4.70. The first kappa shape index (κ1) is 25.4. The van der Waals surface area contributed by atoms with Crippen molar-refractivity contribution in [2.45, 2.75) is 12.8 Å². The molecule has 4 N–H and O–H groups in total. The number of carboxylic acids is 2. The van der Waals surface area contributed by atoms with E-state index in [9.17, 15) is 9.59 Å². The second-order valence-corrected chi connectivity index (χ2v) is 8.82. The monoisotopic (exact) mass is 490 g/mol. The molecule has 0 amide bonds. The molecule has 37 heavy (non-hydrogen) atoms. The molecule has 6 rings (SSSR count). The van der Waals surface area contributed by atoms with Crippen LogP contribution in [-0.4, -0.2) is 27.6 Å². The Morgan fingerprint density at radius 1 is 0.459 bits per heavy atom. The van der Waals surface area contributed by atoms with Gasteiger partial charge in [-0.3, -0.25) is 9.59 Å². The van der Waals surface area contributed by atoms with E-state index in [1.54, 1.807) is 0 Å². The van der Waals surface area contributed by atoms with Crippen molar-refractivity contribution in [1.82, 2.24) is 0 Å². The number of aliphatic carboxylic acids is 2. The van der Waals surface area contributed by atoms with Gasteiger partial charge in [0.15, 0.2) is 0 Å². The van der Waals surface area contributed by atoms with E-state index in [0.29, 0.717) is 0 Å². The van der Waals surface area contributed by atoms with Crippen LogP contribution in [0, 0.1) is 0 Å². The highest BCUT2D eigenvalue weighted by Crippen LogP contribution is 2.27. The molecule has 184 valence electrons. The molecule has 0 fully saturated rings. The lowest BCUT2D eigenvalue weighted by atomic mass is 9.98. The third kappa shape index (κ3) is 5.58. The third-order valence-electron chi connectivity index (χ3n) is 6.36. The van der Waals surface area contributed by atoms with Gasteiger partial charge in [-0.05, 0) is 78.5 Å². The molecule has 0 aromatic heterocycles. The molecule has 0 spiro atoms. The number of carboxylic acid groups (broad SMARTS) is 2. The molecule has 0 aliphatic rings. The van der Waals surface area contributed by atoms with Gasteiger partial charge in [0.1, 0.15) is 0 Å². The van der Waals surface area contributed by atoms with Gasteiger partial charge < -0.3 is 15.7 Å². The van der Waals surface area contributed by atoms with E-state index in [4.69, 9.17) is 10.2 Å². The zero-order chi connectivity index (χ0) is 25.1. The number of hydrogen-bond donors (Lipinski definition) is 2. The Kier molecular flexibility index (Phi) is 7.47. The highest BCUT2D eigenvalue weighted by molar-refractivity contribution is 6.01. The topological polar surface area (TPSA) is 106 Å². The lowest BCUT2D eigenvalue weighted by Gasteiger charge is -2.06. The van der Waals surface area contributed by atoms with Crippen LogP contribution in [0.1, 0.15) is 11.1 Å². The maximum atomic E-state index is 10.9. The number of hydrogen-bond acceptors (Lipinski definition) is 2. The molecule has 0 heterocycles. The van der Waals surface area contributed by atoms with E-state index in [2.05, 4.69) is 36.4 Å². The van der Waals surface area contributed by atoms with Crippen LogP contribution in [-0.2, 0) is 22.4 Å². The first-order chi connectivity index (χ1) is 17.5. The van der Waals surface area contributed by atoms with Crippen LogP contribution < -0.4 is 0 Å². The molecule has 0 aliphatic heterocycles. The van der Waals surface area contributed by atoms with Crippen molar-refractivity contribution in [1.29, 1.82) is 0 Å². The smallest absolute Gasteiger partial charge is 0.307 e. The average molecular weight is 491 g/mol. The summed E-state index contributed by atoms with van der Waals surface area (Å²) in [7, 11) is 0. The molecular weight excluding hydrogens is 464 g/mol. The minimum absolute atomic E-state index is 0. The van der Waals surface area contributed by atoms with Crippen LogP contribution in [0.25, 0.3) is 43.1 Å². The summed E-state index contributed by atoms with van der Waals surface area (Å²) in [5.74, 6) is -1.59. The van der Waals surface area contributed by atoms with Crippen molar-refractivity contribution in [3.8, 4) is 0 Å². The molecule has 6 aromatic rings. The fraction of sp³-hybridized carbons (Fsp3) is 0.0625.